The molecule has 5 nitrogen and oxygen atoms in total. The molecule has 0 spiro atoms. The van der Waals surface area contributed by atoms with Crippen LogP contribution in [0.25, 0.3) is 11.3 Å². The van der Waals surface area contributed by atoms with Gasteiger partial charge in [-0.2, -0.15) is 5.10 Å². The summed E-state index contributed by atoms with van der Waals surface area (Å²) in [6, 6.07) is 33.6. The molecule has 0 atom stereocenters. The van der Waals surface area contributed by atoms with Gasteiger partial charge in [0.25, 0.3) is 0 Å². The lowest BCUT2D eigenvalue weighted by molar-refractivity contribution is 0.0590. The molecule has 0 bridgehead atoms. The maximum atomic E-state index is 12.4. The van der Waals surface area contributed by atoms with Crippen molar-refractivity contribution >= 4 is 5.97 Å². The minimum Gasteiger partial charge on any atom is -0.464 e. The quantitative estimate of drug-likeness (QED) is 0.246. The van der Waals surface area contributed by atoms with Crippen molar-refractivity contribution in [2.45, 2.75) is 18.4 Å². The van der Waals surface area contributed by atoms with E-state index >= 15 is 0 Å². The van der Waals surface area contributed by atoms with E-state index in [1.165, 1.54) is 7.11 Å². The summed E-state index contributed by atoms with van der Waals surface area (Å²) in [7, 11) is 3.35. The Morgan fingerprint density at radius 1 is 0.833 bits per heavy atom. The summed E-state index contributed by atoms with van der Waals surface area (Å²) in [5.41, 5.74) is 7.55. The van der Waals surface area contributed by atoms with E-state index in [0.29, 0.717) is 5.69 Å². The Labute approximate surface area is 210 Å². The van der Waals surface area contributed by atoms with Crippen molar-refractivity contribution in [2.24, 2.45) is 7.05 Å². The van der Waals surface area contributed by atoms with E-state index in [2.05, 4.69) is 83.7 Å². The molecule has 3 aromatic carbocycles. The lowest BCUT2D eigenvalue weighted by Crippen LogP contribution is -2.38. The number of esters is 1. The first-order valence-corrected chi connectivity index (χ1v) is 12.2. The molecule has 0 saturated carbocycles. The zero-order valence-electron chi connectivity index (χ0n) is 20.4. The lowest BCUT2D eigenvalue weighted by atomic mass is 9.77. The van der Waals surface area contributed by atoms with Crippen LogP contribution in [0.1, 0.15) is 38.4 Å². The van der Waals surface area contributed by atoms with E-state index < -0.39 is 5.54 Å². The second-order valence-corrected chi connectivity index (χ2v) is 9.20. The van der Waals surface area contributed by atoms with Crippen molar-refractivity contribution in [1.82, 2.24) is 14.3 Å². The van der Waals surface area contributed by atoms with Gasteiger partial charge in [-0.15, -0.1) is 0 Å². The third-order valence-electron chi connectivity index (χ3n) is 7.30. The van der Waals surface area contributed by atoms with Crippen LogP contribution in [0.4, 0.5) is 0 Å². The number of benzene rings is 3. The van der Waals surface area contributed by atoms with Gasteiger partial charge in [-0.05, 0) is 41.2 Å². The van der Waals surface area contributed by atoms with Gasteiger partial charge in [0.05, 0.1) is 18.5 Å². The molecule has 178 valence electrons. The van der Waals surface area contributed by atoms with Gasteiger partial charge in [0.15, 0.2) is 0 Å². The minimum absolute atomic E-state index is 0.326. The molecule has 0 aliphatic heterocycles. The van der Waals surface area contributed by atoms with Gasteiger partial charge in [0, 0.05) is 18.8 Å². The van der Waals surface area contributed by atoms with Gasteiger partial charge in [-0.3, -0.25) is 4.68 Å². The number of fused-ring (bicyclic) bond motifs is 3. The SMILES string of the molecule is COC(=O)c1cc2c(n1C)-c1cn(C(c3ccccc3)(c3ccccc3)c3ccccc3)nc1CC2. The highest BCUT2D eigenvalue weighted by Crippen LogP contribution is 2.43. The fraction of sp³-hybridized carbons (Fsp3) is 0.161. The van der Waals surface area contributed by atoms with Crippen molar-refractivity contribution in [1.29, 1.82) is 0 Å². The van der Waals surface area contributed by atoms with E-state index in [0.717, 1.165) is 52.0 Å². The van der Waals surface area contributed by atoms with Gasteiger partial charge in [-0.25, -0.2) is 4.79 Å². The summed E-state index contributed by atoms with van der Waals surface area (Å²) in [4.78, 5) is 12.4. The van der Waals surface area contributed by atoms with Gasteiger partial charge in [-0.1, -0.05) is 91.0 Å². The van der Waals surface area contributed by atoms with Crippen LogP contribution in [0, 0.1) is 0 Å². The number of aryl methyl sites for hydroxylation is 2. The van der Waals surface area contributed by atoms with Crippen LogP contribution in [0.3, 0.4) is 0 Å². The first-order valence-electron chi connectivity index (χ1n) is 12.2. The Balaban J connectivity index is 1.65. The highest BCUT2D eigenvalue weighted by atomic mass is 16.5. The molecule has 0 unspecified atom stereocenters. The molecule has 2 aromatic heterocycles. The normalized spacial score (nSPS) is 12.6. The topological polar surface area (TPSA) is 49.0 Å². The standard InChI is InChI=1S/C31H27N3O2/c1-33-28(30(35)36-2)20-22-18-19-27-26(29(22)33)21-34(32-27)31(23-12-6-3-7-13-23,24-14-8-4-9-15-24)25-16-10-5-11-17-25/h3-17,20-21H,18-19H2,1-2H3. The van der Waals surface area contributed by atoms with Crippen molar-refractivity contribution in [3.63, 3.8) is 0 Å². The molecule has 6 rings (SSSR count). The Morgan fingerprint density at radius 3 is 1.86 bits per heavy atom. The first-order chi connectivity index (χ1) is 17.6. The second-order valence-electron chi connectivity index (χ2n) is 9.20. The smallest absolute Gasteiger partial charge is 0.354 e. The summed E-state index contributed by atoms with van der Waals surface area (Å²) in [6.45, 7) is 0. The Kier molecular flexibility index (Phi) is 5.33. The number of carbonyl (C=O) groups excluding carboxylic acids is 1. The van der Waals surface area contributed by atoms with E-state index in [1.807, 2.05) is 35.9 Å². The van der Waals surface area contributed by atoms with Crippen molar-refractivity contribution in [3.05, 3.63) is 137 Å². The number of ether oxygens (including phenoxy) is 1. The molecular weight excluding hydrogens is 446 g/mol. The molecule has 1 aliphatic rings. The number of hydrogen-bond donors (Lipinski definition) is 0. The highest BCUT2D eigenvalue weighted by molar-refractivity contribution is 5.90. The van der Waals surface area contributed by atoms with Crippen LogP contribution in [0.15, 0.2) is 103 Å². The fourth-order valence-electron chi connectivity index (χ4n) is 5.66. The molecule has 36 heavy (non-hydrogen) atoms. The predicted octanol–water partition coefficient (Wildman–Crippen LogP) is 5.61. The summed E-state index contributed by atoms with van der Waals surface area (Å²) >= 11 is 0. The Morgan fingerprint density at radius 2 is 1.36 bits per heavy atom. The summed E-state index contributed by atoms with van der Waals surface area (Å²) in [6.07, 6.45) is 3.80. The molecule has 5 heteroatoms. The maximum Gasteiger partial charge on any atom is 0.354 e. The summed E-state index contributed by atoms with van der Waals surface area (Å²) in [5.74, 6) is -0.326. The molecule has 0 fully saturated rings. The van der Waals surface area contributed by atoms with Crippen LogP contribution in [0.5, 0.6) is 0 Å². The zero-order chi connectivity index (χ0) is 24.7. The zero-order valence-corrected chi connectivity index (χ0v) is 20.4. The highest BCUT2D eigenvalue weighted by Gasteiger charge is 2.40. The van der Waals surface area contributed by atoms with Crippen molar-refractivity contribution < 1.29 is 9.53 Å². The van der Waals surface area contributed by atoms with Crippen LogP contribution in [-0.4, -0.2) is 27.4 Å². The van der Waals surface area contributed by atoms with Gasteiger partial charge in [0.1, 0.15) is 11.2 Å². The number of carbonyl (C=O) groups is 1. The molecule has 0 N–H and O–H groups in total. The lowest BCUT2D eigenvalue weighted by Gasteiger charge is -2.36. The van der Waals surface area contributed by atoms with E-state index in [-0.39, 0.29) is 5.97 Å². The van der Waals surface area contributed by atoms with E-state index in [1.54, 1.807) is 0 Å². The van der Waals surface area contributed by atoms with E-state index in [4.69, 9.17) is 9.84 Å². The average molecular weight is 474 g/mol. The number of rotatable bonds is 5. The van der Waals surface area contributed by atoms with Crippen LogP contribution in [-0.2, 0) is 30.2 Å². The number of aromatic nitrogens is 3. The Bertz CT molecular complexity index is 1440. The van der Waals surface area contributed by atoms with Crippen molar-refractivity contribution in [2.75, 3.05) is 7.11 Å². The van der Waals surface area contributed by atoms with Gasteiger partial charge >= 0.3 is 5.97 Å². The largest absolute Gasteiger partial charge is 0.464 e. The molecular formula is C31H27N3O2. The fourth-order valence-corrected chi connectivity index (χ4v) is 5.66. The predicted molar refractivity (Wildman–Crippen MR) is 140 cm³/mol. The maximum absolute atomic E-state index is 12.4. The molecule has 1 aliphatic carbocycles. The minimum atomic E-state index is -0.669. The molecule has 0 radical (unpaired) electrons. The molecule has 2 heterocycles. The summed E-state index contributed by atoms with van der Waals surface area (Å²) in [5, 5.41) is 5.25. The number of nitrogens with zero attached hydrogens (tertiary/aromatic N) is 3. The second kappa shape index (κ2) is 8.68. The first kappa shape index (κ1) is 22.1. The molecule has 5 aromatic rings. The number of methoxy groups -OCH3 is 1. The third-order valence-corrected chi connectivity index (χ3v) is 7.30. The average Bonchev–Trinajstić information content (AvgIpc) is 3.52. The van der Waals surface area contributed by atoms with Gasteiger partial charge in [0.2, 0.25) is 0 Å². The summed E-state index contributed by atoms with van der Waals surface area (Å²) < 4.78 is 9.10. The molecule has 0 saturated heterocycles. The third kappa shape index (κ3) is 3.23. The van der Waals surface area contributed by atoms with Crippen molar-refractivity contribution in [3.8, 4) is 11.3 Å². The van der Waals surface area contributed by atoms with Crippen LogP contribution >= 0.6 is 0 Å². The van der Waals surface area contributed by atoms with E-state index in [9.17, 15) is 4.79 Å². The number of hydrogen-bond acceptors (Lipinski definition) is 3. The monoisotopic (exact) mass is 473 g/mol. The van der Waals surface area contributed by atoms with Crippen LogP contribution in [0.2, 0.25) is 0 Å². The van der Waals surface area contributed by atoms with Gasteiger partial charge < -0.3 is 9.30 Å². The van der Waals surface area contributed by atoms with Crippen LogP contribution < -0.4 is 0 Å². The molecule has 0 amide bonds. The Hall–Kier alpha value is -4.38.